The molecule has 0 saturated carbocycles. The fourth-order valence-corrected chi connectivity index (χ4v) is 3.85. The van der Waals surface area contributed by atoms with Gasteiger partial charge in [-0.25, -0.2) is 13.2 Å². The largest absolute Gasteiger partial charge is 0.445 e. The van der Waals surface area contributed by atoms with Crippen LogP contribution in [0.1, 0.15) is 22.8 Å². The zero-order valence-corrected chi connectivity index (χ0v) is 16.4. The summed E-state index contributed by atoms with van der Waals surface area (Å²) in [4.78, 5) is 29.7. The molecular weight excluding hydrogens is 384 g/mol. The SMILES string of the molecule is CON(C)S(=O)(=O)c1ccc(NC(=O)C2(C)Cc3ccccc3C(=O)O2)cc1. The van der Waals surface area contributed by atoms with E-state index in [4.69, 9.17) is 9.57 Å². The van der Waals surface area contributed by atoms with Gasteiger partial charge in [0.05, 0.1) is 17.6 Å². The van der Waals surface area contributed by atoms with Crippen LogP contribution in [0.15, 0.2) is 53.4 Å². The van der Waals surface area contributed by atoms with Gasteiger partial charge in [-0.15, -0.1) is 0 Å². The number of carbonyl (C=O) groups excluding carboxylic acids is 2. The van der Waals surface area contributed by atoms with Crippen LogP contribution < -0.4 is 5.32 Å². The summed E-state index contributed by atoms with van der Waals surface area (Å²) in [6.07, 6.45) is 0.242. The molecule has 1 N–H and O–H groups in total. The highest BCUT2D eigenvalue weighted by atomic mass is 32.2. The number of ether oxygens (including phenoxy) is 1. The lowest BCUT2D eigenvalue weighted by molar-refractivity contribution is -0.134. The van der Waals surface area contributed by atoms with Crippen molar-refractivity contribution >= 4 is 27.6 Å². The maximum absolute atomic E-state index is 12.7. The molecule has 1 heterocycles. The number of hydroxylamine groups is 1. The quantitative estimate of drug-likeness (QED) is 0.604. The molecule has 0 spiro atoms. The van der Waals surface area contributed by atoms with E-state index in [1.165, 1.54) is 38.4 Å². The average molecular weight is 404 g/mol. The third kappa shape index (κ3) is 3.64. The Labute approximate surface area is 163 Å². The minimum Gasteiger partial charge on any atom is -0.445 e. The van der Waals surface area contributed by atoms with Gasteiger partial charge in [0, 0.05) is 19.2 Å². The van der Waals surface area contributed by atoms with Crippen molar-refractivity contribution in [2.45, 2.75) is 23.8 Å². The van der Waals surface area contributed by atoms with Gasteiger partial charge in [-0.2, -0.15) is 0 Å². The van der Waals surface area contributed by atoms with Crippen LogP contribution in [-0.4, -0.2) is 44.5 Å². The van der Waals surface area contributed by atoms with Crippen molar-refractivity contribution in [1.82, 2.24) is 4.47 Å². The van der Waals surface area contributed by atoms with Gasteiger partial charge in [0.1, 0.15) is 0 Å². The van der Waals surface area contributed by atoms with Crippen LogP contribution in [-0.2, 0) is 30.8 Å². The van der Waals surface area contributed by atoms with Crippen molar-refractivity contribution in [3.05, 3.63) is 59.7 Å². The van der Waals surface area contributed by atoms with Crippen molar-refractivity contribution in [3.8, 4) is 0 Å². The Hall–Kier alpha value is -2.75. The molecule has 8 nitrogen and oxygen atoms in total. The number of cyclic esters (lactones) is 1. The maximum Gasteiger partial charge on any atom is 0.339 e. The molecule has 1 aliphatic heterocycles. The maximum atomic E-state index is 12.7. The second-order valence-electron chi connectivity index (χ2n) is 6.53. The molecule has 1 amide bonds. The topological polar surface area (TPSA) is 102 Å². The number of sulfonamides is 1. The Morgan fingerprint density at radius 3 is 2.46 bits per heavy atom. The highest BCUT2D eigenvalue weighted by Gasteiger charge is 2.42. The van der Waals surface area contributed by atoms with Crippen molar-refractivity contribution in [3.63, 3.8) is 0 Å². The van der Waals surface area contributed by atoms with Gasteiger partial charge < -0.3 is 10.1 Å². The third-order valence-corrected chi connectivity index (χ3v) is 6.26. The number of carbonyl (C=O) groups is 2. The summed E-state index contributed by atoms with van der Waals surface area (Å²) in [5.74, 6) is -1.05. The molecule has 148 valence electrons. The highest BCUT2D eigenvalue weighted by molar-refractivity contribution is 7.89. The van der Waals surface area contributed by atoms with Crippen molar-refractivity contribution < 1.29 is 27.6 Å². The zero-order valence-electron chi connectivity index (χ0n) is 15.6. The minimum atomic E-state index is -3.78. The lowest BCUT2D eigenvalue weighted by Crippen LogP contribution is -2.48. The van der Waals surface area contributed by atoms with Gasteiger partial charge in [0.15, 0.2) is 5.60 Å². The van der Waals surface area contributed by atoms with E-state index in [1.54, 1.807) is 31.2 Å². The molecule has 3 rings (SSSR count). The van der Waals surface area contributed by atoms with Crippen molar-refractivity contribution in [2.75, 3.05) is 19.5 Å². The van der Waals surface area contributed by atoms with E-state index in [0.29, 0.717) is 11.3 Å². The van der Waals surface area contributed by atoms with Crippen molar-refractivity contribution in [1.29, 1.82) is 0 Å². The fraction of sp³-hybridized carbons (Fsp3) is 0.263. The molecule has 9 heteroatoms. The molecule has 1 atom stereocenters. The number of hydrogen-bond donors (Lipinski definition) is 1. The zero-order chi connectivity index (χ0) is 20.5. The molecular formula is C19H20N2O6S. The monoisotopic (exact) mass is 404 g/mol. The Kier molecular flexibility index (Phi) is 5.24. The lowest BCUT2D eigenvalue weighted by atomic mass is 9.89. The molecule has 0 aliphatic carbocycles. The molecule has 0 fully saturated rings. The number of amides is 1. The first-order chi connectivity index (χ1) is 13.2. The summed E-state index contributed by atoms with van der Waals surface area (Å²) in [7, 11) is -1.25. The van der Waals surface area contributed by atoms with Gasteiger partial charge in [0.2, 0.25) is 0 Å². The van der Waals surface area contributed by atoms with Crippen LogP contribution in [0, 0.1) is 0 Å². The molecule has 0 saturated heterocycles. The third-order valence-electron chi connectivity index (χ3n) is 4.57. The standard InChI is InChI=1S/C19H20N2O6S/c1-19(12-13-6-4-5-7-16(13)17(22)27-19)18(23)20-14-8-10-15(11-9-14)28(24,25)21(2)26-3/h4-11H,12H2,1-3H3,(H,20,23). The second kappa shape index (κ2) is 7.34. The fourth-order valence-electron chi connectivity index (χ4n) is 2.88. The van der Waals surface area contributed by atoms with Gasteiger partial charge in [-0.1, -0.05) is 22.7 Å². The molecule has 0 aromatic heterocycles. The summed E-state index contributed by atoms with van der Waals surface area (Å²) in [6, 6.07) is 12.6. The van der Waals surface area contributed by atoms with E-state index in [2.05, 4.69) is 5.32 Å². The predicted octanol–water partition coefficient (Wildman–Crippen LogP) is 1.98. The van der Waals surface area contributed by atoms with Gasteiger partial charge >= 0.3 is 5.97 Å². The number of hydrogen-bond acceptors (Lipinski definition) is 6. The number of rotatable bonds is 5. The molecule has 28 heavy (non-hydrogen) atoms. The summed E-state index contributed by atoms with van der Waals surface area (Å²) in [6.45, 7) is 1.54. The molecule has 0 bridgehead atoms. The summed E-state index contributed by atoms with van der Waals surface area (Å²) >= 11 is 0. The first-order valence-corrected chi connectivity index (χ1v) is 9.87. The Morgan fingerprint density at radius 2 is 1.82 bits per heavy atom. The van der Waals surface area contributed by atoms with Crippen LogP contribution in [0.4, 0.5) is 5.69 Å². The second-order valence-corrected chi connectivity index (χ2v) is 8.47. The van der Waals surface area contributed by atoms with E-state index in [-0.39, 0.29) is 11.3 Å². The average Bonchev–Trinajstić information content (AvgIpc) is 2.67. The Morgan fingerprint density at radius 1 is 1.18 bits per heavy atom. The van der Waals surface area contributed by atoms with Gasteiger partial charge in [-0.05, 0) is 42.8 Å². The molecule has 1 unspecified atom stereocenters. The van der Waals surface area contributed by atoms with E-state index < -0.39 is 27.5 Å². The van der Waals surface area contributed by atoms with E-state index in [0.717, 1.165) is 10.0 Å². The predicted molar refractivity (Wildman–Crippen MR) is 101 cm³/mol. The van der Waals surface area contributed by atoms with Gasteiger partial charge in [0.25, 0.3) is 15.9 Å². The Balaban J connectivity index is 1.78. The number of nitrogens with zero attached hydrogens (tertiary/aromatic N) is 1. The number of benzene rings is 2. The van der Waals surface area contributed by atoms with Crippen LogP contribution in [0.2, 0.25) is 0 Å². The molecule has 1 aliphatic rings. The minimum absolute atomic E-state index is 0.0130. The van der Waals surface area contributed by atoms with Crippen LogP contribution >= 0.6 is 0 Å². The Bertz CT molecular complexity index is 1020. The smallest absolute Gasteiger partial charge is 0.339 e. The first-order valence-electron chi connectivity index (χ1n) is 8.43. The van der Waals surface area contributed by atoms with Gasteiger partial charge in [-0.3, -0.25) is 9.63 Å². The summed E-state index contributed by atoms with van der Waals surface area (Å²) in [5, 5.41) is 2.67. The molecule has 0 radical (unpaired) electrons. The van der Waals surface area contributed by atoms with E-state index >= 15 is 0 Å². The normalized spacial score (nSPS) is 19.1. The van der Waals surface area contributed by atoms with E-state index in [1.807, 2.05) is 0 Å². The first kappa shape index (κ1) is 20.0. The summed E-state index contributed by atoms with van der Waals surface area (Å²) < 4.78 is 30.5. The number of anilines is 1. The molecule has 2 aromatic carbocycles. The van der Waals surface area contributed by atoms with Crippen LogP contribution in [0.3, 0.4) is 0 Å². The number of fused-ring (bicyclic) bond motifs is 1. The number of nitrogens with one attached hydrogen (secondary N) is 1. The van der Waals surface area contributed by atoms with Crippen molar-refractivity contribution in [2.24, 2.45) is 0 Å². The van der Waals surface area contributed by atoms with E-state index in [9.17, 15) is 18.0 Å². The van der Waals surface area contributed by atoms with Crippen LogP contribution in [0.5, 0.6) is 0 Å². The highest BCUT2D eigenvalue weighted by Crippen LogP contribution is 2.29. The lowest BCUT2D eigenvalue weighted by Gasteiger charge is -2.33. The molecule has 2 aromatic rings. The van der Waals surface area contributed by atoms with Crippen LogP contribution in [0.25, 0.3) is 0 Å². The number of esters is 1. The summed E-state index contributed by atoms with van der Waals surface area (Å²) in [5.41, 5.74) is 0.192.